The third-order valence-corrected chi connectivity index (χ3v) is 14.9. The molecule has 1 aromatic carbocycles. The predicted molar refractivity (Wildman–Crippen MR) is 221 cm³/mol. The minimum absolute atomic E-state index is 0.0963. The van der Waals surface area contributed by atoms with Gasteiger partial charge in [-0.1, -0.05) is 30.2 Å². The van der Waals surface area contributed by atoms with Crippen LogP contribution in [0.4, 0.5) is 0 Å². The number of aryl methyl sites for hydroxylation is 1. The van der Waals surface area contributed by atoms with Crippen LogP contribution in [0.25, 0.3) is 0 Å². The second kappa shape index (κ2) is 17.0. The molecule has 10 atom stereocenters. The minimum Gasteiger partial charge on any atom is -0.479 e. The fourth-order valence-corrected chi connectivity index (χ4v) is 12.5. The molecule has 0 radical (unpaired) electrons. The van der Waals surface area contributed by atoms with Crippen molar-refractivity contribution in [1.82, 2.24) is 5.16 Å². The van der Waals surface area contributed by atoms with Crippen LogP contribution in [0.2, 0.25) is 58.9 Å². The Kier molecular flexibility index (Phi) is 13.6. The lowest BCUT2D eigenvalue weighted by Gasteiger charge is -2.47. The van der Waals surface area contributed by atoms with Crippen molar-refractivity contribution in [2.75, 3.05) is 13.7 Å². The summed E-state index contributed by atoms with van der Waals surface area (Å²) in [6.07, 6.45) is 1.67. The van der Waals surface area contributed by atoms with Crippen LogP contribution in [0.1, 0.15) is 51.0 Å². The van der Waals surface area contributed by atoms with Gasteiger partial charge in [-0.05, 0) is 116 Å². The number of aromatic nitrogens is 1. The molecule has 55 heavy (non-hydrogen) atoms. The van der Waals surface area contributed by atoms with E-state index in [0.29, 0.717) is 13.0 Å². The summed E-state index contributed by atoms with van der Waals surface area (Å²) in [5.74, 6) is 0.978. The lowest BCUT2D eigenvalue weighted by molar-refractivity contribution is -0.152. The molecule has 0 saturated carbocycles. The number of nitrogens with zero attached hydrogens (tertiary/aromatic N) is 2. The Bertz CT molecular complexity index is 1780. The van der Waals surface area contributed by atoms with Gasteiger partial charge in [0, 0.05) is 24.0 Å². The zero-order valence-corrected chi connectivity index (χ0v) is 39.1. The van der Waals surface area contributed by atoms with E-state index in [0.717, 1.165) is 17.6 Å². The van der Waals surface area contributed by atoms with Crippen LogP contribution < -0.4 is 4.74 Å². The second-order valence-electron chi connectivity index (χ2n) is 18.4. The van der Waals surface area contributed by atoms with Crippen LogP contribution in [0.3, 0.4) is 0 Å². The van der Waals surface area contributed by atoms with E-state index >= 15 is 0 Å². The first-order valence-electron chi connectivity index (χ1n) is 19.5. The van der Waals surface area contributed by atoms with Crippen molar-refractivity contribution >= 4 is 40.7 Å². The molecule has 2 unspecified atom stereocenters. The molecule has 0 N–H and O–H groups in total. The fraction of sp³-hybridized carbons (Fsp3) is 0.692. The van der Waals surface area contributed by atoms with Gasteiger partial charge in [0.25, 0.3) is 5.88 Å². The lowest BCUT2D eigenvalue weighted by Crippen LogP contribution is -2.58. The number of epoxide rings is 1. The summed E-state index contributed by atoms with van der Waals surface area (Å²) >= 11 is 0. The lowest BCUT2D eigenvalue weighted by atomic mass is 9.85. The molecule has 3 aliphatic rings. The molecular weight excluding hydrogens is 773 g/mol. The molecule has 3 aliphatic heterocycles. The van der Waals surface area contributed by atoms with Gasteiger partial charge in [0.05, 0.1) is 49.1 Å². The zero-order chi connectivity index (χ0) is 40.7. The van der Waals surface area contributed by atoms with Gasteiger partial charge in [-0.2, -0.15) is 0 Å². The highest BCUT2D eigenvalue weighted by molar-refractivity contribution is 7.92. The highest BCUT2D eigenvalue weighted by Gasteiger charge is 2.52. The smallest absolute Gasteiger partial charge is 0.254 e. The van der Waals surface area contributed by atoms with E-state index in [1.54, 1.807) is 30.3 Å². The van der Waals surface area contributed by atoms with Gasteiger partial charge in [-0.25, -0.2) is 13.4 Å². The highest BCUT2D eigenvalue weighted by atomic mass is 32.2. The maximum Gasteiger partial charge on any atom is 0.254 e. The summed E-state index contributed by atoms with van der Waals surface area (Å²) in [5.41, 5.74) is 1.85. The van der Waals surface area contributed by atoms with E-state index < -0.39 is 46.3 Å². The summed E-state index contributed by atoms with van der Waals surface area (Å²) in [6.45, 7) is 28.7. The average molecular weight is 837 g/mol. The Morgan fingerprint density at radius 2 is 1.58 bits per heavy atom. The molecule has 0 spiro atoms. The van der Waals surface area contributed by atoms with Crippen LogP contribution in [0.15, 0.2) is 56.4 Å². The van der Waals surface area contributed by atoms with Crippen LogP contribution in [-0.4, -0.2) is 100 Å². The molecule has 5 rings (SSSR count). The maximum absolute atomic E-state index is 14.0. The van der Waals surface area contributed by atoms with E-state index in [-0.39, 0.29) is 70.9 Å². The van der Waals surface area contributed by atoms with Crippen molar-refractivity contribution in [2.24, 2.45) is 16.8 Å². The zero-order valence-electron chi connectivity index (χ0n) is 35.2. The Labute approximate surface area is 332 Å². The number of sulfone groups is 1. The van der Waals surface area contributed by atoms with Crippen molar-refractivity contribution in [3.05, 3.63) is 53.3 Å². The number of hydrogen-bond donors (Lipinski definition) is 0. The van der Waals surface area contributed by atoms with Crippen LogP contribution in [0, 0.1) is 18.8 Å². The Hall–Kier alpha value is -2.16. The van der Waals surface area contributed by atoms with E-state index in [2.05, 4.69) is 82.9 Å². The Balaban J connectivity index is 1.38. The van der Waals surface area contributed by atoms with Crippen molar-refractivity contribution in [3.8, 4) is 5.88 Å². The molecule has 308 valence electrons. The van der Waals surface area contributed by atoms with Crippen LogP contribution in [-0.2, 0) is 37.3 Å². The molecule has 2 aromatic rings. The first-order valence-corrected chi connectivity index (χ1v) is 31.2. The molecule has 2 fully saturated rings. The normalized spacial score (nSPS) is 29.1. The molecule has 16 heteroatoms. The SMILES string of the molecule is COc1cc(C2OC(/C=C(\C)C[C@@H]3OC[C@H](C[C@@H]4O[C@H]4[C@@H](C)[C@H](C)O[Si](C)(C)C)[C@@H](O[Si](C)(C)C)[C@H]3O[Si](C)(C)C)=NC2S(=O)(=O)c2ccc(C)cc2)on1. The minimum atomic E-state index is -3.97. The van der Waals surface area contributed by atoms with Crippen molar-refractivity contribution in [1.29, 1.82) is 0 Å². The molecule has 0 aliphatic carbocycles. The van der Waals surface area contributed by atoms with E-state index in [4.69, 9.17) is 36.7 Å². The van der Waals surface area contributed by atoms with Gasteiger partial charge in [0.2, 0.25) is 21.1 Å². The van der Waals surface area contributed by atoms with Gasteiger partial charge >= 0.3 is 0 Å². The van der Waals surface area contributed by atoms with Gasteiger partial charge in [0.15, 0.2) is 36.8 Å². The molecule has 0 bridgehead atoms. The van der Waals surface area contributed by atoms with Gasteiger partial charge in [-0.3, -0.25) is 0 Å². The standard InChI is InChI=1S/C39H64N2O10SSi3/c1-24-15-17-29(18-16-24)52(42,43)39-38(32-22-34(44-5)41-48-32)47-33(40-39)20-25(2)19-30-37(51-55(12,13)14)36(50-54(9,10)11)28(23-45-30)21-31-35(46-31)26(3)27(4)49-53(6,7)8/h15-18,20,22,26-28,30-31,35-39H,19,21,23H2,1-14H3/b25-20+/t26-,27-,28-,30-,31-,35-,36+,37-,38?,39?/m0/s1. The number of benzene rings is 1. The van der Waals surface area contributed by atoms with E-state index in [1.165, 1.54) is 13.2 Å². The quantitative estimate of drug-likeness (QED) is 0.113. The summed E-state index contributed by atoms with van der Waals surface area (Å²) in [4.78, 5) is 4.77. The Morgan fingerprint density at radius 1 is 0.945 bits per heavy atom. The first kappa shape index (κ1) is 44.0. The van der Waals surface area contributed by atoms with Crippen LogP contribution >= 0.6 is 0 Å². The number of methoxy groups -OCH3 is 1. The van der Waals surface area contributed by atoms with E-state index in [1.807, 2.05) is 13.8 Å². The summed E-state index contributed by atoms with van der Waals surface area (Å²) in [5, 5.41) is 2.59. The maximum atomic E-state index is 14.0. The number of ether oxygens (including phenoxy) is 4. The van der Waals surface area contributed by atoms with Gasteiger partial charge in [0.1, 0.15) is 0 Å². The number of hydrogen-bond acceptors (Lipinski definition) is 12. The highest BCUT2D eigenvalue weighted by Crippen LogP contribution is 2.42. The molecule has 1 aromatic heterocycles. The molecule has 12 nitrogen and oxygen atoms in total. The topological polar surface area (TPSA) is 140 Å². The summed E-state index contributed by atoms with van der Waals surface area (Å²) in [7, 11) is -8.29. The molecule has 0 amide bonds. The van der Waals surface area contributed by atoms with E-state index in [9.17, 15) is 8.42 Å². The predicted octanol–water partition coefficient (Wildman–Crippen LogP) is 8.09. The average Bonchev–Trinajstić information content (AvgIpc) is 3.42. The monoisotopic (exact) mass is 836 g/mol. The van der Waals surface area contributed by atoms with Gasteiger partial charge in [-0.15, -0.1) is 0 Å². The third-order valence-electron chi connectivity index (χ3n) is 9.93. The van der Waals surface area contributed by atoms with Crippen molar-refractivity contribution in [3.63, 3.8) is 0 Å². The summed E-state index contributed by atoms with van der Waals surface area (Å²) < 4.78 is 78.4. The summed E-state index contributed by atoms with van der Waals surface area (Å²) in [6, 6.07) is 8.22. The van der Waals surface area contributed by atoms with Crippen LogP contribution in [0.5, 0.6) is 5.88 Å². The fourth-order valence-electron chi connectivity index (χ4n) is 7.33. The molecular formula is C39H64N2O10SSi3. The third kappa shape index (κ3) is 11.7. The van der Waals surface area contributed by atoms with Gasteiger partial charge < -0.3 is 36.7 Å². The Morgan fingerprint density at radius 3 is 2.16 bits per heavy atom. The number of rotatable bonds is 17. The first-order chi connectivity index (χ1) is 25.4. The second-order valence-corrected chi connectivity index (χ2v) is 33.8. The van der Waals surface area contributed by atoms with Crippen molar-refractivity contribution in [2.45, 2.75) is 152 Å². The molecule has 4 heterocycles. The van der Waals surface area contributed by atoms with Crippen molar-refractivity contribution < 1.29 is 45.2 Å². The number of aliphatic imine (C=N–C) groups is 1. The largest absolute Gasteiger partial charge is 0.479 e. The molecule has 2 saturated heterocycles.